The van der Waals surface area contributed by atoms with E-state index < -0.39 is 23.5 Å². The summed E-state index contributed by atoms with van der Waals surface area (Å²) >= 11 is 0. The molecule has 0 fully saturated rings. The number of alkyl halides is 6. The fourth-order valence-electron chi connectivity index (χ4n) is 5.04. The number of tetrazole rings is 1. The van der Waals surface area contributed by atoms with E-state index in [1.54, 1.807) is 11.7 Å². The van der Waals surface area contributed by atoms with E-state index in [4.69, 9.17) is 10.7 Å². The lowest BCUT2D eigenvalue weighted by Crippen LogP contribution is -2.27. The van der Waals surface area contributed by atoms with Gasteiger partial charge in [0.25, 0.3) is 5.95 Å². The minimum absolute atomic E-state index is 0.0105. The highest BCUT2D eigenvalue weighted by molar-refractivity contribution is 5.79. The molecule has 0 bridgehead atoms. The third-order valence-corrected chi connectivity index (χ3v) is 6.80. The molecule has 0 aliphatic rings. The van der Waals surface area contributed by atoms with Gasteiger partial charge in [-0.3, -0.25) is 4.68 Å². The van der Waals surface area contributed by atoms with Crippen LogP contribution in [0.2, 0.25) is 0 Å². The number of hydrogen-bond donors (Lipinski definition) is 1. The van der Waals surface area contributed by atoms with Crippen molar-refractivity contribution in [3.05, 3.63) is 57.9 Å². The number of nitrogens with zero attached hydrogens (tertiary/aromatic N) is 8. The molecule has 3 heterocycles. The molecule has 0 aliphatic heterocycles. The van der Waals surface area contributed by atoms with Gasteiger partial charge in [-0.2, -0.15) is 36.2 Å². The van der Waals surface area contributed by atoms with Crippen molar-refractivity contribution in [1.82, 2.24) is 35.0 Å². The summed E-state index contributed by atoms with van der Waals surface area (Å²) in [5.74, 6) is -0.167. The highest BCUT2D eigenvalue weighted by Gasteiger charge is 2.37. The number of fused-ring (bicyclic) bond motifs is 1. The summed E-state index contributed by atoms with van der Waals surface area (Å²) in [6.45, 7) is 7.96. The molecule has 0 spiro atoms. The van der Waals surface area contributed by atoms with Gasteiger partial charge >= 0.3 is 12.4 Å². The van der Waals surface area contributed by atoms with E-state index in [0.717, 1.165) is 10.2 Å². The molecule has 4 aromatic rings. The average molecular weight is 598 g/mol. The lowest BCUT2D eigenvalue weighted by Gasteiger charge is -2.28. The number of hydrogen-bond acceptors (Lipinski definition) is 7. The molecule has 228 valence electrons. The third kappa shape index (κ3) is 6.99. The molecule has 3 aromatic heterocycles. The quantitative estimate of drug-likeness (QED) is 0.267. The molecule has 42 heavy (non-hydrogen) atoms. The molecule has 9 nitrogen and oxygen atoms in total. The number of aryl methyl sites for hydroxylation is 3. The van der Waals surface area contributed by atoms with Gasteiger partial charge in [0.1, 0.15) is 0 Å². The molecule has 1 aromatic carbocycles. The van der Waals surface area contributed by atoms with Crippen LogP contribution in [0.4, 0.5) is 32.3 Å². The molecule has 0 amide bonds. The molecule has 0 radical (unpaired) electrons. The van der Waals surface area contributed by atoms with Crippen molar-refractivity contribution in [2.45, 2.75) is 65.5 Å². The second-order valence-corrected chi connectivity index (χ2v) is 11.7. The van der Waals surface area contributed by atoms with Crippen LogP contribution in [0.3, 0.4) is 0 Å². The van der Waals surface area contributed by atoms with Crippen LogP contribution in [0.1, 0.15) is 66.8 Å². The molecule has 0 saturated carbocycles. The van der Waals surface area contributed by atoms with Gasteiger partial charge in [0.2, 0.25) is 0 Å². The fourth-order valence-corrected chi connectivity index (χ4v) is 5.04. The van der Waals surface area contributed by atoms with Gasteiger partial charge in [0, 0.05) is 38.0 Å². The van der Waals surface area contributed by atoms with Crippen molar-refractivity contribution < 1.29 is 26.3 Å². The van der Waals surface area contributed by atoms with Crippen LogP contribution in [0.5, 0.6) is 0 Å². The van der Waals surface area contributed by atoms with Crippen molar-refractivity contribution in [3.8, 4) is 0 Å². The number of anilines is 1. The number of halogens is 6. The number of benzene rings is 1. The Bertz CT molecular complexity index is 1530. The molecule has 1 unspecified atom stereocenters. The summed E-state index contributed by atoms with van der Waals surface area (Å²) in [5, 5.41) is 17.3. The first-order valence-electron chi connectivity index (χ1n) is 13.2. The first-order chi connectivity index (χ1) is 19.4. The Morgan fingerprint density at radius 1 is 0.905 bits per heavy atom. The molecule has 0 saturated heterocycles. The summed E-state index contributed by atoms with van der Waals surface area (Å²) in [7, 11) is 3.28. The van der Waals surface area contributed by atoms with Gasteiger partial charge < -0.3 is 10.6 Å². The maximum absolute atomic E-state index is 13.6. The number of pyridine rings is 1. The Morgan fingerprint density at radius 2 is 1.52 bits per heavy atom. The maximum atomic E-state index is 13.6. The van der Waals surface area contributed by atoms with Crippen LogP contribution in [-0.2, 0) is 39.5 Å². The van der Waals surface area contributed by atoms with Gasteiger partial charge in [0.05, 0.1) is 29.6 Å². The first kappa shape index (κ1) is 31.2. The Balaban J connectivity index is 1.86. The minimum atomic E-state index is -4.98. The van der Waals surface area contributed by atoms with E-state index >= 15 is 0 Å². The summed E-state index contributed by atoms with van der Waals surface area (Å²) in [6, 6.07) is 3.40. The highest BCUT2D eigenvalue weighted by Crippen LogP contribution is 2.38. The number of nitrogens with two attached hydrogens (primary N) is 1. The van der Waals surface area contributed by atoms with Crippen molar-refractivity contribution >= 4 is 17.0 Å². The predicted octanol–water partition coefficient (Wildman–Crippen LogP) is 5.52. The Labute approximate surface area is 238 Å². The predicted molar refractivity (Wildman–Crippen MR) is 144 cm³/mol. The molecular formula is C27H33F6N9. The number of aromatic nitrogens is 7. The van der Waals surface area contributed by atoms with Crippen LogP contribution in [0, 0.1) is 12.3 Å². The van der Waals surface area contributed by atoms with Gasteiger partial charge in [0.15, 0.2) is 5.65 Å². The van der Waals surface area contributed by atoms with E-state index in [1.807, 2.05) is 13.0 Å². The summed E-state index contributed by atoms with van der Waals surface area (Å²) in [6.07, 6.45) is -9.28. The molecule has 2 N–H and O–H groups in total. The van der Waals surface area contributed by atoms with Crippen molar-refractivity contribution in [1.29, 1.82) is 0 Å². The summed E-state index contributed by atoms with van der Waals surface area (Å²) in [4.78, 5) is 7.57. The van der Waals surface area contributed by atoms with E-state index in [-0.39, 0.29) is 48.5 Å². The Hall–Kier alpha value is -3.75. The van der Waals surface area contributed by atoms with Crippen molar-refractivity contribution in [2.24, 2.45) is 25.2 Å². The van der Waals surface area contributed by atoms with Crippen LogP contribution in [-0.4, -0.2) is 41.5 Å². The maximum Gasteiger partial charge on any atom is 0.416 e. The van der Waals surface area contributed by atoms with Gasteiger partial charge in [-0.15, -0.1) is 5.10 Å². The SMILES string of the molecule is Cc1nn(C)c2nc(C(CN)CC(C)(C)C)c(CN(Cc3cc(C(F)(F)F)cc(C(F)(F)F)c3)c3nnn(C)n3)cc12. The van der Waals surface area contributed by atoms with Crippen LogP contribution >= 0.6 is 0 Å². The lowest BCUT2D eigenvalue weighted by atomic mass is 9.82. The second-order valence-electron chi connectivity index (χ2n) is 11.7. The van der Waals surface area contributed by atoms with Crippen LogP contribution < -0.4 is 10.6 Å². The van der Waals surface area contributed by atoms with Crippen LogP contribution in [0.15, 0.2) is 24.3 Å². The van der Waals surface area contributed by atoms with Crippen molar-refractivity contribution in [2.75, 3.05) is 11.4 Å². The minimum Gasteiger partial charge on any atom is -0.330 e. The van der Waals surface area contributed by atoms with E-state index in [9.17, 15) is 26.3 Å². The average Bonchev–Trinajstić information content (AvgIpc) is 3.42. The van der Waals surface area contributed by atoms with E-state index in [2.05, 4.69) is 41.3 Å². The third-order valence-electron chi connectivity index (χ3n) is 6.80. The zero-order valence-electron chi connectivity index (χ0n) is 24.1. The smallest absolute Gasteiger partial charge is 0.330 e. The summed E-state index contributed by atoms with van der Waals surface area (Å²) < 4.78 is 83.3. The van der Waals surface area contributed by atoms with Gasteiger partial charge in [-0.1, -0.05) is 25.9 Å². The normalized spacial score (nSPS) is 13.6. The van der Waals surface area contributed by atoms with Crippen molar-refractivity contribution in [3.63, 3.8) is 0 Å². The highest BCUT2D eigenvalue weighted by atomic mass is 19.4. The summed E-state index contributed by atoms with van der Waals surface area (Å²) in [5.41, 5.74) is 5.78. The van der Waals surface area contributed by atoms with Gasteiger partial charge in [-0.05, 0) is 59.4 Å². The second kappa shape index (κ2) is 11.2. The zero-order valence-corrected chi connectivity index (χ0v) is 24.1. The fraction of sp³-hybridized carbons (Fsp3) is 0.519. The van der Waals surface area contributed by atoms with E-state index in [1.165, 1.54) is 11.9 Å². The van der Waals surface area contributed by atoms with Crippen LogP contribution in [0.25, 0.3) is 11.0 Å². The monoisotopic (exact) mass is 597 g/mol. The largest absolute Gasteiger partial charge is 0.416 e. The molecule has 0 aliphatic carbocycles. The van der Waals surface area contributed by atoms with E-state index in [0.29, 0.717) is 41.2 Å². The first-order valence-corrected chi connectivity index (χ1v) is 13.2. The zero-order chi connectivity index (χ0) is 31.2. The number of rotatable bonds is 8. The topological polar surface area (TPSA) is 104 Å². The molecule has 1 atom stereocenters. The Kier molecular flexibility index (Phi) is 8.28. The molecule has 4 rings (SSSR count). The van der Waals surface area contributed by atoms with Gasteiger partial charge in [-0.25, -0.2) is 4.98 Å². The lowest BCUT2D eigenvalue weighted by molar-refractivity contribution is -0.143. The molecule has 15 heteroatoms. The molecular weight excluding hydrogens is 564 g/mol. The standard InChI is InChI=1S/C27H33F6N9/c1-15-21-9-17(22(35-23(21)40(5)37-15)18(12-34)11-25(2,3)4)14-42(24-36-39-41(6)38-24)13-16-7-19(26(28,29)30)10-20(8-16)27(31,32)33/h7-10,18H,11-14,34H2,1-6H3. The Morgan fingerprint density at radius 3 is 2.02 bits per heavy atom.